The number of carboxylic acids is 1. The molecule has 0 aromatic rings. The number of carboxylic acid groups (broad SMARTS) is 1. The monoisotopic (exact) mass is 578 g/mol. The highest BCUT2D eigenvalue weighted by Gasteiger charge is 2.19. The summed E-state index contributed by atoms with van der Waals surface area (Å²) in [5, 5.41) is 11.8. The third kappa shape index (κ3) is 26.5. The lowest BCUT2D eigenvalue weighted by molar-refractivity contribution is -0.150. The standard InChI is InChI=1S/C34H62N2O5/c1-3-5-6-7-8-9-10-11-12-13-14-15-16-17-18-22-28-33(38)41-30(24-4-2)25-20-19-21-27-32(37)36-31(34(39)40)26-23-29-35/h9-10,12-13,30-31H,3-8,11,14-29,35H2,1-2H3,(H,36,37)(H,39,40)/b10-9-,13-12-. The summed E-state index contributed by atoms with van der Waals surface area (Å²) in [7, 11) is 0. The Kier molecular flexibility index (Phi) is 27.8. The van der Waals surface area contributed by atoms with E-state index in [1.165, 1.54) is 44.9 Å². The number of aliphatic carboxylic acids is 1. The van der Waals surface area contributed by atoms with Gasteiger partial charge >= 0.3 is 11.9 Å². The number of nitrogens with one attached hydrogen (secondary N) is 1. The van der Waals surface area contributed by atoms with Crippen LogP contribution in [0.4, 0.5) is 0 Å². The maximum Gasteiger partial charge on any atom is 0.326 e. The SMILES string of the molecule is CCCCCC/C=C\C/C=C\CCCCCCCC(=O)OC(CCC)CCCCCC(=O)NC(CCCN)C(=O)O. The first kappa shape index (κ1) is 38.9. The molecule has 0 aromatic heterocycles. The van der Waals surface area contributed by atoms with Gasteiger partial charge in [-0.05, 0) is 83.6 Å². The van der Waals surface area contributed by atoms with E-state index in [0.717, 1.165) is 64.2 Å². The number of nitrogens with two attached hydrogens (primary N) is 1. The van der Waals surface area contributed by atoms with E-state index in [2.05, 4.69) is 43.5 Å². The summed E-state index contributed by atoms with van der Waals surface area (Å²) < 4.78 is 5.75. The smallest absolute Gasteiger partial charge is 0.326 e. The van der Waals surface area contributed by atoms with Crippen molar-refractivity contribution in [1.82, 2.24) is 5.32 Å². The first-order valence-corrected chi connectivity index (χ1v) is 16.7. The summed E-state index contributed by atoms with van der Waals surface area (Å²) in [4.78, 5) is 35.7. The number of hydrogen-bond acceptors (Lipinski definition) is 5. The number of hydrogen-bond donors (Lipinski definition) is 3. The molecule has 0 fully saturated rings. The van der Waals surface area contributed by atoms with Gasteiger partial charge in [-0.15, -0.1) is 0 Å². The van der Waals surface area contributed by atoms with Crippen LogP contribution in [0, 0.1) is 0 Å². The van der Waals surface area contributed by atoms with Crippen LogP contribution in [0.1, 0.15) is 155 Å². The lowest BCUT2D eigenvalue weighted by atomic mass is 10.0. The molecule has 0 aliphatic heterocycles. The molecule has 1 amide bonds. The molecule has 0 rings (SSSR count). The molecule has 0 saturated heterocycles. The third-order valence-electron chi connectivity index (χ3n) is 7.25. The first-order valence-electron chi connectivity index (χ1n) is 16.7. The molecule has 0 aliphatic rings. The van der Waals surface area contributed by atoms with Gasteiger partial charge < -0.3 is 20.9 Å². The normalized spacial score (nSPS) is 13.0. The Hall–Kier alpha value is -2.15. The van der Waals surface area contributed by atoms with Crippen LogP contribution in [0.5, 0.6) is 0 Å². The van der Waals surface area contributed by atoms with Crippen LogP contribution in [0.25, 0.3) is 0 Å². The molecule has 0 aromatic carbocycles. The predicted molar refractivity (Wildman–Crippen MR) is 170 cm³/mol. The summed E-state index contributed by atoms with van der Waals surface area (Å²) in [5.74, 6) is -1.36. The molecule has 4 N–H and O–H groups in total. The molecule has 238 valence electrons. The fourth-order valence-electron chi connectivity index (χ4n) is 4.77. The van der Waals surface area contributed by atoms with Crippen LogP contribution in [0.15, 0.2) is 24.3 Å². The van der Waals surface area contributed by atoms with E-state index in [1.54, 1.807) is 0 Å². The van der Waals surface area contributed by atoms with Crippen molar-refractivity contribution in [3.63, 3.8) is 0 Å². The Labute approximate surface area is 251 Å². The zero-order valence-electron chi connectivity index (χ0n) is 26.4. The topological polar surface area (TPSA) is 119 Å². The second-order valence-corrected chi connectivity index (χ2v) is 11.2. The average Bonchev–Trinajstić information content (AvgIpc) is 2.94. The molecule has 41 heavy (non-hydrogen) atoms. The van der Waals surface area contributed by atoms with Crippen molar-refractivity contribution in [1.29, 1.82) is 0 Å². The lowest BCUT2D eigenvalue weighted by Gasteiger charge is -2.17. The molecule has 2 atom stereocenters. The summed E-state index contributed by atoms with van der Waals surface area (Å²) in [6, 6.07) is -0.871. The van der Waals surface area contributed by atoms with Crippen LogP contribution in [-0.4, -0.2) is 41.6 Å². The van der Waals surface area contributed by atoms with Gasteiger partial charge in [-0.2, -0.15) is 0 Å². The quantitative estimate of drug-likeness (QED) is 0.0468. The van der Waals surface area contributed by atoms with Gasteiger partial charge in [0.05, 0.1) is 0 Å². The van der Waals surface area contributed by atoms with Gasteiger partial charge in [0.25, 0.3) is 0 Å². The molecule has 0 aliphatic carbocycles. The van der Waals surface area contributed by atoms with E-state index in [9.17, 15) is 19.5 Å². The van der Waals surface area contributed by atoms with Crippen molar-refractivity contribution in [2.45, 2.75) is 167 Å². The molecule has 0 saturated carbocycles. The zero-order chi connectivity index (χ0) is 30.4. The second kappa shape index (κ2) is 29.3. The van der Waals surface area contributed by atoms with Gasteiger partial charge in [0.15, 0.2) is 0 Å². The van der Waals surface area contributed by atoms with Gasteiger partial charge in [0.1, 0.15) is 12.1 Å². The number of ether oxygens (including phenoxy) is 1. The van der Waals surface area contributed by atoms with Gasteiger partial charge in [-0.3, -0.25) is 9.59 Å². The highest BCUT2D eigenvalue weighted by molar-refractivity contribution is 5.83. The molecular weight excluding hydrogens is 516 g/mol. The van der Waals surface area contributed by atoms with E-state index >= 15 is 0 Å². The largest absolute Gasteiger partial charge is 0.480 e. The van der Waals surface area contributed by atoms with Crippen molar-refractivity contribution in [3.05, 3.63) is 24.3 Å². The lowest BCUT2D eigenvalue weighted by Crippen LogP contribution is -2.40. The molecule has 7 heteroatoms. The highest BCUT2D eigenvalue weighted by atomic mass is 16.5. The molecule has 2 unspecified atom stereocenters. The van der Waals surface area contributed by atoms with Gasteiger partial charge in [0, 0.05) is 12.8 Å². The summed E-state index contributed by atoms with van der Waals surface area (Å²) in [6.45, 7) is 4.74. The van der Waals surface area contributed by atoms with Gasteiger partial charge in [-0.1, -0.05) is 89.5 Å². The van der Waals surface area contributed by atoms with Crippen molar-refractivity contribution in [3.8, 4) is 0 Å². The summed E-state index contributed by atoms with van der Waals surface area (Å²) >= 11 is 0. The average molecular weight is 579 g/mol. The zero-order valence-corrected chi connectivity index (χ0v) is 26.4. The summed E-state index contributed by atoms with van der Waals surface area (Å²) in [6.07, 6.45) is 30.0. The Balaban J connectivity index is 3.85. The number of allylic oxidation sites excluding steroid dienone is 4. The number of carbonyl (C=O) groups excluding carboxylic acids is 2. The van der Waals surface area contributed by atoms with E-state index in [-0.39, 0.29) is 18.0 Å². The Morgan fingerprint density at radius 2 is 1.32 bits per heavy atom. The Morgan fingerprint density at radius 3 is 1.95 bits per heavy atom. The number of esters is 1. The molecule has 0 radical (unpaired) electrons. The van der Waals surface area contributed by atoms with Gasteiger partial charge in [0.2, 0.25) is 5.91 Å². The Bertz CT molecular complexity index is 707. The second-order valence-electron chi connectivity index (χ2n) is 11.2. The fraction of sp³-hybridized carbons (Fsp3) is 0.794. The molecule has 7 nitrogen and oxygen atoms in total. The highest BCUT2D eigenvalue weighted by Crippen LogP contribution is 2.16. The number of amides is 1. The number of carbonyl (C=O) groups is 3. The molecule has 0 bridgehead atoms. The van der Waals surface area contributed by atoms with E-state index in [1.807, 2.05) is 0 Å². The maximum atomic E-state index is 12.3. The van der Waals surface area contributed by atoms with Gasteiger partial charge in [-0.25, -0.2) is 4.79 Å². The van der Waals surface area contributed by atoms with Crippen LogP contribution >= 0.6 is 0 Å². The Morgan fingerprint density at radius 1 is 0.707 bits per heavy atom. The van der Waals surface area contributed by atoms with Crippen LogP contribution < -0.4 is 11.1 Å². The fourth-order valence-corrected chi connectivity index (χ4v) is 4.77. The van der Waals surface area contributed by atoms with Crippen molar-refractivity contribution < 1.29 is 24.2 Å². The minimum atomic E-state index is -1.02. The van der Waals surface area contributed by atoms with Crippen LogP contribution in [0.2, 0.25) is 0 Å². The van der Waals surface area contributed by atoms with Crippen LogP contribution in [-0.2, 0) is 19.1 Å². The van der Waals surface area contributed by atoms with E-state index in [4.69, 9.17) is 10.5 Å². The molecular formula is C34H62N2O5. The summed E-state index contributed by atoms with van der Waals surface area (Å²) in [5.41, 5.74) is 5.44. The third-order valence-corrected chi connectivity index (χ3v) is 7.25. The molecule has 0 spiro atoms. The van der Waals surface area contributed by atoms with E-state index in [0.29, 0.717) is 38.6 Å². The molecule has 0 heterocycles. The van der Waals surface area contributed by atoms with Crippen LogP contribution in [0.3, 0.4) is 0 Å². The minimum Gasteiger partial charge on any atom is -0.480 e. The minimum absolute atomic E-state index is 0.0586. The predicted octanol–water partition coefficient (Wildman–Crippen LogP) is 8.16. The number of rotatable bonds is 29. The van der Waals surface area contributed by atoms with Crippen molar-refractivity contribution in [2.24, 2.45) is 5.73 Å². The number of unbranched alkanes of at least 4 members (excludes halogenated alkanes) is 11. The first-order chi connectivity index (χ1) is 19.9. The van der Waals surface area contributed by atoms with Crippen molar-refractivity contribution in [2.75, 3.05) is 6.54 Å². The van der Waals surface area contributed by atoms with Crippen molar-refractivity contribution >= 4 is 17.8 Å². The van der Waals surface area contributed by atoms with E-state index < -0.39 is 12.0 Å². The maximum absolute atomic E-state index is 12.3.